The van der Waals surface area contributed by atoms with E-state index in [0.29, 0.717) is 29.7 Å². The zero-order valence-corrected chi connectivity index (χ0v) is 16.2. The van der Waals surface area contributed by atoms with E-state index >= 15 is 0 Å². The van der Waals surface area contributed by atoms with Crippen molar-refractivity contribution in [3.05, 3.63) is 21.7 Å². The summed E-state index contributed by atoms with van der Waals surface area (Å²) in [6.07, 6.45) is 2.71. The zero-order valence-electron chi connectivity index (χ0n) is 14.5. The average molecular weight is 369 g/mol. The molecular formula is C16H24N4O2S2. The van der Waals surface area contributed by atoms with E-state index in [0.717, 1.165) is 16.4 Å². The van der Waals surface area contributed by atoms with Crippen LogP contribution in [0, 0.1) is 0 Å². The van der Waals surface area contributed by atoms with Gasteiger partial charge in [-0.1, -0.05) is 38.2 Å². The highest BCUT2D eigenvalue weighted by atomic mass is 32.2. The van der Waals surface area contributed by atoms with Crippen molar-refractivity contribution in [2.45, 2.75) is 52.6 Å². The van der Waals surface area contributed by atoms with Gasteiger partial charge in [-0.05, 0) is 13.3 Å². The summed E-state index contributed by atoms with van der Waals surface area (Å²) in [5.41, 5.74) is 0.698. The van der Waals surface area contributed by atoms with Gasteiger partial charge in [0.1, 0.15) is 16.1 Å². The number of allylic oxidation sites excluding steroid dienone is 1. The second-order valence-electron chi connectivity index (χ2n) is 5.99. The van der Waals surface area contributed by atoms with Gasteiger partial charge >= 0.3 is 0 Å². The zero-order chi connectivity index (χ0) is 17.7. The lowest BCUT2D eigenvalue weighted by molar-refractivity contribution is -0.135. The number of amides is 2. The highest BCUT2D eigenvalue weighted by molar-refractivity contribution is 7.99. The molecule has 2 rings (SSSR count). The van der Waals surface area contributed by atoms with Crippen LogP contribution in [0.1, 0.15) is 50.0 Å². The fraction of sp³-hybridized carbons (Fsp3) is 0.625. The van der Waals surface area contributed by atoms with Crippen LogP contribution in [0.15, 0.2) is 11.6 Å². The molecule has 1 aliphatic heterocycles. The maximum atomic E-state index is 12.5. The third-order valence-electron chi connectivity index (χ3n) is 3.68. The Morgan fingerprint density at radius 1 is 1.42 bits per heavy atom. The summed E-state index contributed by atoms with van der Waals surface area (Å²) >= 11 is 3.12. The highest BCUT2D eigenvalue weighted by Crippen LogP contribution is 2.23. The molecule has 1 unspecified atom stereocenters. The summed E-state index contributed by atoms with van der Waals surface area (Å²) in [5.74, 6) is 1.34. The predicted octanol–water partition coefficient (Wildman–Crippen LogP) is 2.54. The molecule has 0 aliphatic carbocycles. The van der Waals surface area contributed by atoms with Crippen LogP contribution in [0.2, 0.25) is 0 Å². The van der Waals surface area contributed by atoms with Gasteiger partial charge in [0.05, 0.1) is 12.4 Å². The Bertz CT molecular complexity index is 627. The number of carbonyl (C=O) groups excluding carboxylic acids is 2. The molecule has 2 heterocycles. The molecule has 0 aromatic carbocycles. The number of aromatic nitrogens is 2. The first-order valence-corrected chi connectivity index (χ1v) is 10.1. The Kier molecular flexibility index (Phi) is 6.79. The van der Waals surface area contributed by atoms with Crippen LogP contribution in [0.4, 0.5) is 0 Å². The molecular weight excluding hydrogens is 344 g/mol. The van der Waals surface area contributed by atoms with E-state index in [4.69, 9.17) is 0 Å². The van der Waals surface area contributed by atoms with Crippen molar-refractivity contribution >= 4 is 34.9 Å². The van der Waals surface area contributed by atoms with Gasteiger partial charge < -0.3 is 10.2 Å². The molecule has 8 heteroatoms. The van der Waals surface area contributed by atoms with Crippen LogP contribution in [0.5, 0.6) is 0 Å². The van der Waals surface area contributed by atoms with E-state index in [1.165, 1.54) is 11.3 Å². The van der Waals surface area contributed by atoms with Gasteiger partial charge in [0.15, 0.2) is 0 Å². The smallest absolute Gasteiger partial charge is 0.250 e. The molecule has 0 bridgehead atoms. The molecule has 0 radical (unpaired) electrons. The summed E-state index contributed by atoms with van der Waals surface area (Å²) in [4.78, 5) is 26.6. The second-order valence-corrected chi connectivity index (χ2v) is 8.09. The van der Waals surface area contributed by atoms with Crippen molar-refractivity contribution in [2.75, 3.05) is 11.6 Å². The van der Waals surface area contributed by atoms with Gasteiger partial charge in [-0.15, -0.1) is 22.0 Å². The van der Waals surface area contributed by atoms with Gasteiger partial charge in [-0.25, -0.2) is 0 Å². The number of nitrogens with one attached hydrogen (secondary N) is 1. The number of hydrogen-bond acceptors (Lipinski definition) is 6. The maximum Gasteiger partial charge on any atom is 0.250 e. The molecule has 1 aliphatic rings. The first kappa shape index (κ1) is 18.9. The van der Waals surface area contributed by atoms with Crippen molar-refractivity contribution in [2.24, 2.45) is 0 Å². The van der Waals surface area contributed by atoms with E-state index in [-0.39, 0.29) is 11.8 Å². The molecule has 1 saturated heterocycles. The largest absolute Gasteiger partial charge is 0.348 e. The summed E-state index contributed by atoms with van der Waals surface area (Å²) in [5, 5.41) is 12.9. The summed E-state index contributed by atoms with van der Waals surface area (Å²) < 4.78 is 0. The Balaban J connectivity index is 1.95. The van der Waals surface area contributed by atoms with Gasteiger partial charge in [-0.2, -0.15) is 0 Å². The molecule has 1 aromatic rings. The monoisotopic (exact) mass is 368 g/mol. The Morgan fingerprint density at radius 3 is 2.79 bits per heavy atom. The Morgan fingerprint density at radius 2 is 2.17 bits per heavy atom. The Labute approximate surface area is 151 Å². The van der Waals surface area contributed by atoms with Crippen LogP contribution in [-0.4, -0.2) is 44.6 Å². The molecule has 1 atom stereocenters. The minimum Gasteiger partial charge on any atom is -0.348 e. The number of carbonyl (C=O) groups is 2. The Hall–Kier alpha value is -1.41. The third kappa shape index (κ3) is 4.57. The quantitative estimate of drug-likeness (QED) is 0.781. The molecule has 6 nitrogen and oxygen atoms in total. The fourth-order valence-electron chi connectivity index (χ4n) is 2.33. The average Bonchev–Trinajstić information content (AvgIpc) is 3.21. The highest BCUT2D eigenvalue weighted by Gasteiger charge is 2.34. The van der Waals surface area contributed by atoms with Crippen LogP contribution in [0.25, 0.3) is 0 Å². The number of rotatable bonds is 6. The standard InChI is InChI=1S/C16H24N4O2S2/c1-5-6-11(4)16(22)20-9-23-8-12(20)14(21)17-7-13-18-19-15(24-13)10(2)3/h6,10,12H,5,7-9H2,1-4H3,(H,17,21)/b11-6+. The van der Waals surface area contributed by atoms with Crippen LogP contribution < -0.4 is 5.32 Å². The molecule has 2 amide bonds. The molecule has 1 aromatic heterocycles. The number of hydrogen-bond donors (Lipinski definition) is 1. The van der Waals surface area contributed by atoms with Crippen molar-refractivity contribution in [3.63, 3.8) is 0 Å². The van der Waals surface area contributed by atoms with E-state index in [1.54, 1.807) is 23.6 Å². The third-order valence-corrected chi connectivity index (χ3v) is 5.92. The minimum absolute atomic E-state index is 0.0555. The van der Waals surface area contributed by atoms with Gasteiger partial charge in [0, 0.05) is 17.2 Å². The van der Waals surface area contributed by atoms with Crippen LogP contribution in [-0.2, 0) is 16.1 Å². The van der Waals surface area contributed by atoms with Gasteiger partial charge in [0.25, 0.3) is 5.91 Å². The molecule has 0 saturated carbocycles. The van der Waals surface area contributed by atoms with Crippen molar-refractivity contribution in [1.82, 2.24) is 20.4 Å². The van der Waals surface area contributed by atoms with E-state index in [2.05, 4.69) is 29.4 Å². The predicted molar refractivity (Wildman–Crippen MR) is 97.9 cm³/mol. The first-order valence-electron chi connectivity index (χ1n) is 8.09. The first-order chi connectivity index (χ1) is 11.4. The molecule has 0 spiro atoms. The summed E-state index contributed by atoms with van der Waals surface area (Å²) in [7, 11) is 0. The van der Waals surface area contributed by atoms with Crippen molar-refractivity contribution in [1.29, 1.82) is 0 Å². The lowest BCUT2D eigenvalue weighted by atomic mass is 10.2. The summed E-state index contributed by atoms with van der Waals surface area (Å²) in [6.45, 7) is 8.28. The number of nitrogens with zero attached hydrogens (tertiary/aromatic N) is 3. The summed E-state index contributed by atoms with van der Waals surface area (Å²) in [6, 6.07) is -0.416. The van der Waals surface area contributed by atoms with Gasteiger partial charge in [-0.3, -0.25) is 9.59 Å². The lowest BCUT2D eigenvalue weighted by Gasteiger charge is -2.23. The van der Waals surface area contributed by atoms with Gasteiger partial charge in [0.2, 0.25) is 5.91 Å². The second kappa shape index (κ2) is 8.62. The molecule has 1 fully saturated rings. The molecule has 1 N–H and O–H groups in total. The lowest BCUT2D eigenvalue weighted by Crippen LogP contribution is -2.47. The van der Waals surface area contributed by atoms with Crippen LogP contribution in [0.3, 0.4) is 0 Å². The normalized spacial score (nSPS) is 18.3. The minimum atomic E-state index is -0.416. The number of thioether (sulfide) groups is 1. The SMILES string of the molecule is CC/C=C(\C)C(=O)N1CSCC1C(=O)NCc1nnc(C(C)C)s1. The van der Waals surface area contributed by atoms with E-state index in [9.17, 15) is 9.59 Å². The van der Waals surface area contributed by atoms with E-state index in [1.807, 2.05) is 13.0 Å². The fourth-order valence-corrected chi connectivity index (χ4v) is 4.27. The topological polar surface area (TPSA) is 75.2 Å². The maximum absolute atomic E-state index is 12.5. The van der Waals surface area contributed by atoms with Crippen molar-refractivity contribution in [3.8, 4) is 0 Å². The molecule has 132 valence electrons. The van der Waals surface area contributed by atoms with Crippen molar-refractivity contribution < 1.29 is 9.59 Å². The van der Waals surface area contributed by atoms with Crippen LogP contribution >= 0.6 is 23.1 Å². The van der Waals surface area contributed by atoms with E-state index < -0.39 is 6.04 Å². The molecule has 24 heavy (non-hydrogen) atoms.